The molecule has 78 valence electrons. The fourth-order valence-corrected chi connectivity index (χ4v) is 1.27. The zero-order chi connectivity index (χ0) is 11.0. The van der Waals surface area contributed by atoms with Crippen LogP contribution in [0.25, 0.3) is 11.0 Å². The predicted molar refractivity (Wildman–Crippen MR) is 52.7 cm³/mol. The summed E-state index contributed by atoms with van der Waals surface area (Å²) >= 11 is 0. The van der Waals surface area contributed by atoms with Crippen molar-refractivity contribution < 1.29 is 14.9 Å². The van der Waals surface area contributed by atoms with E-state index in [-0.39, 0.29) is 11.4 Å². The van der Waals surface area contributed by atoms with E-state index in [1.165, 1.54) is 24.3 Å². The Labute approximate surface area is 83.7 Å². The van der Waals surface area contributed by atoms with Gasteiger partial charge in [0.1, 0.15) is 11.3 Å². The van der Waals surface area contributed by atoms with Crippen molar-refractivity contribution in [2.75, 3.05) is 5.73 Å². The second-order valence-electron chi connectivity index (χ2n) is 3.05. The molecule has 6 nitrogen and oxygen atoms in total. The van der Waals surface area contributed by atoms with Crippen LogP contribution in [0.4, 0.5) is 11.4 Å². The molecule has 0 spiro atoms. The third-order valence-electron chi connectivity index (χ3n) is 2.01. The van der Waals surface area contributed by atoms with Crippen LogP contribution < -0.4 is 16.6 Å². The molecule has 2 aromatic rings. The predicted octanol–water partition coefficient (Wildman–Crippen LogP) is -0.221. The van der Waals surface area contributed by atoms with Crippen LogP contribution in [0.1, 0.15) is 0 Å². The van der Waals surface area contributed by atoms with Gasteiger partial charge in [-0.15, -0.1) is 0 Å². The SMILES string of the molecule is Nc1cc2cc([NH+]([O-])O)ccc2oc1=O. The quantitative estimate of drug-likeness (QED) is 0.444. The molecule has 1 aromatic heterocycles. The van der Waals surface area contributed by atoms with Gasteiger partial charge in [0.2, 0.25) is 0 Å². The monoisotopic (exact) mass is 208 g/mol. The molecule has 1 aromatic carbocycles. The Morgan fingerprint density at radius 3 is 2.80 bits per heavy atom. The minimum atomic E-state index is -1.04. The van der Waals surface area contributed by atoms with Crippen molar-refractivity contribution in [1.29, 1.82) is 0 Å². The molecule has 0 radical (unpaired) electrons. The van der Waals surface area contributed by atoms with Gasteiger partial charge in [0.15, 0.2) is 5.69 Å². The Hall–Kier alpha value is -1.89. The number of nitrogen functional groups attached to an aromatic ring is 1. The van der Waals surface area contributed by atoms with Crippen molar-refractivity contribution in [2.24, 2.45) is 0 Å². The lowest BCUT2D eigenvalue weighted by Gasteiger charge is -2.11. The topological polar surface area (TPSA) is 104 Å². The van der Waals surface area contributed by atoms with Crippen molar-refractivity contribution in [3.05, 3.63) is 39.9 Å². The van der Waals surface area contributed by atoms with Gasteiger partial charge in [0, 0.05) is 17.5 Å². The van der Waals surface area contributed by atoms with Crippen molar-refractivity contribution in [3.63, 3.8) is 0 Å². The fraction of sp³-hybridized carbons (Fsp3) is 0. The number of hydrogen-bond donors (Lipinski definition) is 3. The second-order valence-corrected chi connectivity index (χ2v) is 3.05. The van der Waals surface area contributed by atoms with Gasteiger partial charge in [0.25, 0.3) is 0 Å². The molecule has 0 aliphatic heterocycles. The van der Waals surface area contributed by atoms with Crippen molar-refractivity contribution in [2.45, 2.75) is 0 Å². The van der Waals surface area contributed by atoms with Crippen LogP contribution in [0.3, 0.4) is 0 Å². The first kappa shape index (κ1) is 9.66. The van der Waals surface area contributed by atoms with Crippen LogP contribution in [0.2, 0.25) is 0 Å². The van der Waals surface area contributed by atoms with E-state index in [9.17, 15) is 10.0 Å². The van der Waals surface area contributed by atoms with E-state index >= 15 is 0 Å². The Bertz CT molecular complexity index is 562. The number of nitrogens with two attached hydrogens (primary N) is 1. The average molecular weight is 208 g/mol. The van der Waals surface area contributed by atoms with E-state index in [2.05, 4.69) is 0 Å². The summed E-state index contributed by atoms with van der Waals surface area (Å²) in [5.41, 5.74) is 5.14. The van der Waals surface area contributed by atoms with E-state index < -0.39 is 10.9 Å². The Balaban J connectivity index is 2.72. The molecular weight excluding hydrogens is 200 g/mol. The summed E-state index contributed by atoms with van der Waals surface area (Å²) in [6, 6.07) is 5.59. The van der Waals surface area contributed by atoms with E-state index in [0.29, 0.717) is 11.0 Å². The number of hydrogen-bond acceptors (Lipinski definition) is 5. The lowest BCUT2D eigenvalue weighted by Crippen LogP contribution is -2.99. The van der Waals surface area contributed by atoms with Crippen molar-refractivity contribution in [1.82, 2.24) is 0 Å². The number of benzene rings is 1. The van der Waals surface area contributed by atoms with Crippen molar-refractivity contribution >= 4 is 22.3 Å². The molecule has 1 atom stereocenters. The molecule has 0 aliphatic rings. The number of quaternary nitrogens is 1. The number of anilines is 1. The molecular formula is C9H8N2O4. The maximum Gasteiger partial charge on any atom is 0.359 e. The van der Waals surface area contributed by atoms with Gasteiger partial charge in [-0.25, -0.2) is 10.0 Å². The lowest BCUT2D eigenvalue weighted by atomic mass is 10.2. The minimum absolute atomic E-state index is 0.0370. The lowest BCUT2D eigenvalue weighted by molar-refractivity contribution is -0.991. The molecule has 0 fully saturated rings. The van der Waals surface area contributed by atoms with Crippen molar-refractivity contribution in [3.8, 4) is 0 Å². The largest absolute Gasteiger partial charge is 0.595 e. The van der Waals surface area contributed by atoms with Gasteiger partial charge in [0.05, 0.1) is 0 Å². The molecule has 0 aliphatic carbocycles. The van der Waals surface area contributed by atoms with E-state index in [1.807, 2.05) is 0 Å². The highest BCUT2D eigenvalue weighted by Crippen LogP contribution is 2.17. The highest BCUT2D eigenvalue weighted by Gasteiger charge is 2.05. The normalized spacial score (nSPS) is 12.9. The van der Waals surface area contributed by atoms with Crippen LogP contribution in [-0.2, 0) is 0 Å². The first-order valence-corrected chi connectivity index (χ1v) is 4.14. The van der Waals surface area contributed by atoms with Crippen LogP contribution in [0.5, 0.6) is 0 Å². The number of nitrogens with one attached hydrogen (secondary N) is 1. The zero-order valence-corrected chi connectivity index (χ0v) is 7.56. The fourth-order valence-electron chi connectivity index (χ4n) is 1.27. The molecule has 0 saturated carbocycles. The zero-order valence-electron chi connectivity index (χ0n) is 7.56. The summed E-state index contributed by atoms with van der Waals surface area (Å²) in [6.07, 6.45) is 0. The van der Waals surface area contributed by atoms with Gasteiger partial charge in [-0.05, 0) is 12.1 Å². The Morgan fingerprint density at radius 1 is 1.40 bits per heavy atom. The minimum Gasteiger partial charge on any atom is -0.595 e. The molecule has 1 heterocycles. The molecule has 0 saturated heterocycles. The van der Waals surface area contributed by atoms with Gasteiger partial charge in [-0.3, -0.25) is 0 Å². The Morgan fingerprint density at radius 2 is 2.13 bits per heavy atom. The van der Waals surface area contributed by atoms with Crippen LogP contribution >= 0.6 is 0 Å². The summed E-state index contributed by atoms with van der Waals surface area (Å²) in [6.45, 7) is 0. The molecule has 2 rings (SSSR count). The number of rotatable bonds is 1. The van der Waals surface area contributed by atoms with Crippen LogP contribution in [-0.4, -0.2) is 5.21 Å². The van der Waals surface area contributed by atoms with Gasteiger partial charge in [-0.2, -0.15) is 5.23 Å². The van der Waals surface area contributed by atoms with Gasteiger partial charge >= 0.3 is 5.63 Å². The molecule has 4 N–H and O–H groups in total. The highest BCUT2D eigenvalue weighted by molar-refractivity contribution is 5.81. The standard InChI is InChI=1S/C9H8N2O4/c10-7-4-5-3-6(11(13)14)1-2-8(5)15-9(7)12/h1-4,11,13H,10H2. The summed E-state index contributed by atoms with van der Waals surface area (Å²) in [5, 5.41) is 18.9. The molecule has 0 bridgehead atoms. The Kier molecular flexibility index (Phi) is 2.16. The summed E-state index contributed by atoms with van der Waals surface area (Å²) < 4.78 is 4.85. The van der Waals surface area contributed by atoms with E-state index in [4.69, 9.17) is 15.4 Å². The first-order chi connectivity index (χ1) is 7.08. The highest BCUT2D eigenvalue weighted by atomic mass is 16.8. The van der Waals surface area contributed by atoms with E-state index in [1.54, 1.807) is 0 Å². The summed E-state index contributed by atoms with van der Waals surface area (Å²) in [5.74, 6) is 0. The summed E-state index contributed by atoms with van der Waals surface area (Å²) in [7, 11) is 0. The van der Waals surface area contributed by atoms with Gasteiger partial charge < -0.3 is 15.4 Å². The van der Waals surface area contributed by atoms with E-state index in [0.717, 1.165) is 0 Å². The molecule has 15 heavy (non-hydrogen) atoms. The maximum atomic E-state index is 11.0. The molecule has 6 heteroatoms. The number of fused-ring (bicyclic) bond motifs is 1. The third-order valence-corrected chi connectivity index (χ3v) is 2.01. The smallest absolute Gasteiger partial charge is 0.359 e. The molecule has 1 unspecified atom stereocenters. The average Bonchev–Trinajstić information content (AvgIpc) is 2.19. The van der Waals surface area contributed by atoms with Crippen LogP contribution in [0.15, 0.2) is 33.5 Å². The third kappa shape index (κ3) is 1.68. The molecule has 0 amide bonds. The first-order valence-electron chi connectivity index (χ1n) is 4.14. The maximum absolute atomic E-state index is 11.0. The van der Waals surface area contributed by atoms with Gasteiger partial charge in [-0.1, -0.05) is 0 Å². The second kappa shape index (κ2) is 3.35. The van der Waals surface area contributed by atoms with Crippen LogP contribution in [0, 0.1) is 5.21 Å². The summed E-state index contributed by atoms with van der Waals surface area (Å²) in [4.78, 5) is 11.0.